The number of hydrogen-bond acceptors (Lipinski definition) is 5. The molecule has 1 amide bonds. The molecule has 1 unspecified atom stereocenters. The van der Waals surface area contributed by atoms with Gasteiger partial charge < -0.3 is 10.0 Å². The first-order valence-corrected chi connectivity index (χ1v) is 9.21. The van der Waals surface area contributed by atoms with E-state index in [0.717, 1.165) is 31.9 Å². The van der Waals surface area contributed by atoms with Crippen molar-refractivity contribution in [3.63, 3.8) is 0 Å². The van der Waals surface area contributed by atoms with Crippen molar-refractivity contribution in [2.75, 3.05) is 26.2 Å². The van der Waals surface area contributed by atoms with Crippen LogP contribution in [0.3, 0.4) is 0 Å². The molecule has 3 rings (SSSR count). The summed E-state index contributed by atoms with van der Waals surface area (Å²) >= 11 is 0. The molecular formula is C18H26N6O3. The molecular weight excluding hydrogens is 348 g/mol. The fourth-order valence-corrected chi connectivity index (χ4v) is 3.29. The van der Waals surface area contributed by atoms with Crippen LogP contribution in [0, 0.1) is 6.92 Å². The summed E-state index contributed by atoms with van der Waals surface area (Å²) in [5, 5.41) is 17.7. The molecule has 0 radical (unpaired) electrons. The predicted molar refractivity (Wildman–Crippen MR) is 98.4 cm³/mol. The number of aliphatic carboxylic acids is 1. The van der Waals surface area contributed by atoms with Crippen LogP contribution in [0.1, 0.15) is 41.6 Å². The minimum Gasteiger partial charge on any atom is -0.480 e. The van der Waals surface area contributed by atoms with Crippen molar-refractivity contribution in [2.24, 2.45) is 0 Å². The summed E-state index contributed by atoms with van der Waals surface area (Å²) in [6.45, 7) is 10.0. The van der Waals surface area contributed by atoms with Crippen molar-refractivity contribution in [1.82, 2.24) is 29.4 Å². The van der Waals surface area contributed by atoms with Gasteiger partial charge in [-0.15, -0.1) is 0 Å². The number of hydrogen-bond donors (Lipinski definition) is 1. The molecule has 9 heteroatoms. The van der Waals surface area contributed by atoms with Gasteiger partial charge in [0.25, 0.3) is 5.91 Å². The summed E-state index contributed by atoms with van der Waals surface area (Å²) in [6, 6.07) is 0.703. The molecule has 2 aromatic heterocycles. The number of carboxylic acid groups (broad SMARTS) is 1. The molecule has 0 spiro atoms. The first-order valence-electron chi connectivity index (χ1n) is 9.21. The van der Waals surface area contributed by atoms with Gasteiger partial charge in [0.15, 0.2) is 0 Å². The zero-order valence-corrected chi connectivity index (χ0v) is 16.0. The van der Waals surface area contributed by atoms with E-state index in [2.05, 4.69) is 28.2 Å². The number of aryl methyl sites for hydroxylation is 2. The fourth-order valence-electron chi connectivity index (χ4n) is 3.29. The second-order valence-electron chi connectivity index (χ2n) is 6.84. The maximum absolute atomic E-state index is 12.8. The van der Waals surface area contributed by atoms with Crippen molar-refractivity contribution >= 4 is 11.9 Å². The van der Waals surface area contributed by atoms with Crippen LogP contribution in [0.5, 0.6) is 0 Å². The first-order chi connectivity index (χ1) is 12.9. The Kier molecular flexibility index (Phi) is 5.59. The average molecular weight is 374 g/mol. The van der Waals surface area contributed by atoms with Gasteiger partial charge in [-0.2, -0.15) is 10.2 Å². The summed E-state index contributed by atoms with van der Waals surface area (Å²) in [4.78, 5) is 28.1. The van der Waals surface area contributed by atoms with E-state index in [-0.39, 0.29) is 5.91 Å². The van der Waals surface area contributed by atoms with Crippen LogP contribution in [0.25, 0.3) is 0 Å². The SMILES string of the molecule is CCn1cc(CN2CCN(C(=O)c3ccnn3C(C)C(=O)O)CC2)c(C)n1. The van der Waals surface area contributed by atoms with E-state index in [9.17, 15) is 14.7 Å². The van der Waals surface area contributed by atoms with Crippen molar-refractivity contribution in [2.45, 2.75) is 39.9 Å². The Morgan fingerprint density at radius 2 is 1.96 bits per heavy atom. The Labute approximate surface area is 158 Å². The van der Waals surface area contributed by atoms with Crippen LogP contribution in [0.2, 0.25) is 0 Å². The molecule has 2 aromatic rings. The molecule has 1 saturated heterocycles. The molecule has 1 aliphatic heterocycles. The van der Waals surface area contributed by atoms with E-state index in [1.54, 1.807) is 11.0 Å². The van der Waals surface area contributed by atoms with Gasteiger partial charge in [0.05, 0.1) is 5.69 Å². The number of carbonyl (C=O) groups is 2. The Hall–Kier alpha value is -2.68. The monoisotopic (exact) mass is 374 g/mol. The Balaban J connectivity index is 1.61. The van der Waals surface area contributed by atoms with Gasteiger partial charge in [0.2, 0.25) is 0 Å². The lowest BCUT2D eigenvalue weighted by Crippen LogP contribution is -2.48. The highest BCUT2D eigenvalue weighted by Gasteiger charge is 2.27. The minimum atomic E-state index is -1.01. The van der Waals surface area contributed by atoms with E-state index >= 15 is 0 Å². The number of nitrogens with zero attached hydrogens (tertiary/aromatic N) is 6. The number of carboxylic acids is 1. The lowest BCUT2D eigenvalue weighted by molar-refractivity contribution is -0.140. The van der Waals surface area contributed by atoms with Crippen LogP contribution in [0.4, 0.5) is 0 Å². The van der Waals surface area contributed by atoms with Gasteiger partial charge in [-0.25, -0.2) is 9.48 Å². The predicted octanol–water partition coefficient (Wildman–Crippen LogP) is 1.01. The summed E-state index contributed by atoms with van der Waals surface area (Å²) < 4.78 is 3.22. The number of rotatable bonds is 6. The third-order valence-electron chi connectivity index (χ3n) is 5.04. The Morgan fingerprint density at radius 1 is 1.26 bits per heavy atom. The zero-order valence-electron chi connectivity index (χ0n) is 16.0. The standard InChI is InChI=1S/C18H26N6O3/c1-4-23-12-15(13(2)20-23)11-21-7-9-22(10-8-21)17(25)16-5-6-19-24(16)14(3)18(26)27/h5-6,12,14H,4,7-11H2,1-3H3,(H,26,27). The molecule has 1 N–H and O–H groups in total. The van der Waals surface area contributed by atoms with Gasteiger partial charge in [0, 0.05) is 57.2 Å². The summed E-state index contributed by atoms with van der Waals surface area (Å²) in [7, 11) is 0. The fraction of sp³-hybridized carbons (Fsp3) is 0.556. The molecule has 1 fully saturated rings. The summed E-state index contributed by atoms with van der Waals surface area (Å²) in [5.41, 5.74) is 2.57. The Morgan fingerprint density at radius 3 is 2.56 bits per heavy atom. The summed E-state index contributed by atoms with van der Waals surface area (Å²) in [5.74, 6) is -1.18. The van der Waals surface area contributed by atoms with Crippen LogP contribution < -0.4 is 0 Å². The van der Waals surface area contributed by atoms with Gasteiger partial charge >= 0.3 is 5.97 Å². The van der Waals surface area contributed by atoms with Gasteiger partial charge in [0.1, 0.15) is 11.7 Å². The lowest BCUT2D eigenvalue weighted by atomic mass is 10.2. The topological polar surface area (TPSA) is 96.5 Å². The van der Waals surface area contributed by atoms with Crippen LogP contribution in [0.15, 0.2) is 18.5 Å². The second kappa shape index (κ2) is 7.91. The summed E-state index contributed by atoms with van der Waals surface area (Å²) in [6.07, 6.45) is 3.55. The van der Waals surface area contributed by atoms with Crippen molar-refractivity contribution in [3.05, 3.63) is 35.4 Å². The van der Waals surface area contributed by atoms with E-state index in [4.69, 9.17) is 0 Å². The third-order valence-corrected chi connectivity index (χ3v) is 5.04. The lowest BCUT2D eigenvalue weighted by Gasteiger charge is -2.34. The van der Waals surface area contributed by atoms with Crippen LogP contribution in [-0.2, 0) is 17.9 Å². The molecule has 9 nitrogen and oxygen atoms in total. The van der Waals surface area contributed by atoms with E-state index in [0.29, 0.717) is 18.8 Å². The van der Waals surface area contributed by atoms with Crippen molar-refractivity contribution in [3.8, 4) is 0 Å². The number of aromatic nitrogens is 4. The maximum atomic E-state index is 12.8. The third kappa shape index (κ3) is 4.02. The highest BCUT2D eigenvalue weighted by atomic mass is 16.4. The van der Waals surface area contributed by atoms with Crippen molar-refractivity contribution in [1.29, 1.82) is 0 Å². The average Bonchev–Trinajstić information content (AvgIpc) is 3.28. The van der Waals surface area contributed by atoms with Crippen molar-refractivity contribution < 1.29 is 14.7 Å². The van der Waals surface area contributed by atoms with Gasteiger partial charge in [-0.05, 0) is 26.8 Å². The molecule has 0 bridgehead atoms. The molecule has 27 heavy (non-hydrogen) atoms. The number of amides is 1. The molecule has 0 aliphatic carbocycles. The molecule has 1 aliphatic rings. The Bertz CT molecular complexity index is 819. The molecule has 1 atom stereocenters. The van der Waals surface area contributed by atoms with Crippen LogP contribution in [-0.4, -0.2) is 72.5 Å². The normalized spacial score (nSPS) is 16.5. The van der Waals surface area contributed by atoms with E-state index < -0.39 is 12.0 Å². The van der Waals surface area contributed by atoms with Gasteiger partial charge in [-0.1, -0.05) is 0 Å². The molecule has 146 valence electrons. The zero-order chi connectivity index (χ0) is 19.6. The largest absolute Gasteiger partial charge is 0.480 e. The smallest absolute Gasteiger partial charge is 0.328 e. The first kappa shape index (κ1) is 19.1. The van der Waals surface area contributed by atoms with E-state index in [1.807, 2.05) is 11.6 Å². The molecule has 0 aromatic carbocycles. The van der Waals surface area contributed by atoms with Crippen LogP contribution >= 0.6 is 0 Å². The van der Waals surface area contributed by atoms with Gasteiger partial charge in [-0.3, -0.25) is 14.4 Å². The minimum absolute atomic E-state index is 0.171. The molecule has 3 heterocycles. The quantitative estimate of drug-likeness (QED) is 0.811. The maximum Gasteiger partial charge on any atom is 0.328 e. The van der Waals surface area contributed by atoms with E-state index in [1.165, 1.54) is 23.4 Å². The number of piperazine rings is 1. The number of carbonyl (C=O) groups excluding carboxylic acids is 1. The highest BCUT2D eigenvalue weighted by molar-refractivity contribution is 5.93. The molecule has 0 saturated carbocycles. The second-order valence-corrected chi connectivity index (χ2v) is 6.84. The highest BCUT2D eigenvalue weighted by Crippen LogP contribution is 2.15.